The molecule has 28 heavy (non-hydrogen) atoms. The van der Waals surface area contributed by atoms with E-state index in [2.05, 4.69) is 17.1 Å². The van der Waals surface area contributed by atoms with E-state index in [0.29, 0.717) is 9.82 Å². The summed E-state index contributed by atoms with van der Waals surface area (Å²) in [5.41, 5.74) is 5.09. The third-order valence-electron chi connectivity index (χ3n) is 4.55. The lowest BCUT2D eigenvalue weighted by atomic mass is 9.97. The summed E-state index contributed by atoms with van der Waals surface area (Å²) in [4.78, 5) is 29.3. The summed E-state index contributed by atoms with van der Waals surface area (Å²) in [7, 11) is 1.33. The molecule has 1 aromatic heterocycles. The molecule has 0 atom stereocenters. The highest BCUT2D eigenvalue weighted by Gasteiger charge is 2.14. The van der Waals surface area contributed by atoms with Crippen LogP contribution in [0.2, 0.25) is 5.02 Å². The predicted octanol–water partition coefficient (Wildman–Crippen LogP) is 4.12. The average molecular weight is 417 g/mol. The van der Waals surface area contributed by atoms with Gasteiger partial charge in [0.2, 0.25) is 0 Å². The Kier molecular flexibility index (Phi) is 6.01. The molecule has 1 heterocycles. The minimum absolute atomic E-state index is 0.0210. The Morgan fingerprint density at radius 3 is 2.46 bits per heavy atom. The van der Waals surface area contributed by atoms with E-state index in [1.165, 1.54) is 24.0 Å². The first-order valence-electron chi connectivity index (χ1n) is 8.78. The molecule has 0 unspecified atom stereocenters. The second-order valence-corrected chi connectivity index (χ2v) is 8.16. The first-order chi connectivity index (χ1) is 13.3. The monoisotopic (exact) mass is 416 g/mol. The lowest BCUT2D eigenvalue weighted by Gasteiger charge is -2.09. The van der Waals surface area contributed by atoms with Gasteiger partial charge in [0.25, 0.3) is 5.91 Å². The zero-order valence-electron chi connectivity index (χ0n) is 16.2. The third-order valence-corrected chi connectivity index (χ3v) is 5.82. The number of rotatable bonds is 4. The molecule has 0 aliphatic heterocycles. The summed E-state index contributed by atoms with van der Waals surface area (Å²) < 4.78 is 7.33. The molecule has 1 amide bonds. The minimum atomic E-state index is -0.409. The number of halogens is 1. The van der Waals surface area contributed by atoms with Crippen molar-refractivity contribution in [1.29, 1.82) is 0 Å². The van der Waals surface area contributed by atoms with Crippen LogP contribution in [-0.4, -0.2) is 23.6 Å². The molecule has 2 aromatic carbocycles. The van der Waals surface area contributed by atoms with Crippen LogP contribution in [-0.2, 0) is 27.3 Å². The normalized spacial score (nSPS) is 11.8. The van der Waals surface area contributed by atoms with Gasteiger partial charge in [0.05, 0.1) is 23.7 Å². The zero-order chi connectivity index (χ0) is 20.4. The maximum absolute atomic E-state index is 12.7. The van der Waals surface area contributed by atoms with Gasteiger partial charge in [-0.3, -0.25) is 9.59 Å². The number of fused-ring (bicyclic) bond motifs is 1. The molecule has 0 saturated carbocycles. The molecular formula is C21H21ClN2O3S. The maximum atomic E-state index is 12.7. The van der Waals surface area contributed by atoms with Crippen molar-refractivity contribution in [2.45, 2.75) is 33.7 Å². The lowest BCUT2D eigenvalue weighted by Crippen LogP contribution is -2.22. The Labute approximate surface area is 172 Å². The Morgan fingerprint density at radius 2 is 1.82 bits per heavy atom. The topological polar surface area (TPSA) is 60.7 Å². The molecule has 3 rings (SSSR count). The van der Waals surface area contributed by atoms with Gasteiger partial charge in [0.15, 0.2) is 4.80 Å². The Morgan fingerprint density at radius 1 is 1.14 bits per heavy atom. The fraction of sp³-hybridized carbons (Fsp3) is 0.286. The van der Waals surface area contributed by atoms with E-state index in [9.17, 15) is 9.59 Å². The van der Waals surface area contributed by atoms with Crippen molar-refractivity contribution in [2.24, 2.45) is 4.99 Å². The number of aryl methyl sites for hydroxylation is 3. The quantitative estimate of drug-likeness (QED) is 0.601. The fourth-order valence-corrected chi connectivity index (χ4v) is 4.59. The van der Waals surface area contributed by atoms with Gasteiger partial charge in [-0.2, -0.15) is 4.99 Å². The van der Waals surface area contributed by atoms with Gasteiger partial charge in [-0.1, -0.05) is 40.6 Å². The number of hydrogen-bond donors (Lipinski definition) is 0. The van der Waals surface area contributed by atoms with E-state index in [1.54, 1.807) is 16.7 Å². The molecule has 0 aliphatic rings. The largest absolute Gasteiger partial charge is 0.468 e. The van der Waals surface area contributed by atoms with Gasteiger partial charge >= 0.3 is 5.97 Å². The highest BCUT2D eigenvalue weighted by molar-refractivity contribution is 7.16. The molecule has 146 valence electrons. The van der Waals surface area contributed by atoms with E-state index in [0.717, 1.165) is 26.9 Å². The summed E-state index contributed by atoms with van der Waals surface area (Å²) >= 11 is 7.41. The van der Waals surface area contributed by atoms with Gasteiger partial charge in [0, 0.05) is 5.02 Å². The number of hydrogen-bond acceptors (Lipinski definition) is 4. The Hall–Kier alpha value is -2.44. The van der Waals surface area contributed by atoms with Gasteiger partial charge in [-0.05, 0) is 55.7 Å². The molecule has 7 heteroatoms. The van der Waals surface area contributed by atoms with Crippen LogP contribution >= 0.6 is 22.9 Å². The van der Waals surface area contributed by atoms with E-state index in [-0.39, 0.29) is 18.9 Å². The number of thiazole rings is 1. The van der Waals surface area contributed by atoms with Crippen LogP contribution in [0.25, 0.3) is 10.2 Å². The number of nitrogens with zero attached hydrogens (tertiary/aromatic N) is 2. The van der Waals surface area contributed by atoms with Gasteiger partial charge in [-0.25, -0.2) is 0 Å². The van der Waals surface area contributed by atoms with Crippen molar-refractivity contribution in [3.8, 4) is 0 Å². The van der Waals surface area contributed by atoms with Gasteiger partial charge in [-0.15, -0.1) is 0 Å². The number of carbonyl (C=O) groups excluding carboxylic acids is 2. The molecule has 0 aliphatic carbocycles. The molecule has 0 bridgehead atoms. The molecule has 5 nitrogen and oxygen atoms in total. The van der Waals surface area contributed by atoms with Crippen LogP contribution in [0.3, 0.4) is 0 Å². The molecule has 3 aromatic rings. The smallest absolute Gasteiger partial charge is 0.325 e. The number of aromatic nitrogens is 1. The molecule has 0 spiro atoms. The first kappa shape index (κ1) is 20.3. The second kappa shape index (κ2) is 8.29. The zero-order valence-corrected chi connectivity index (χ0v) is 17.8. The lowest BCUT2D eigenvalue weighted by molar-refractivity contribution is -0.141. The highest BCUT2D eigenvalue weighted by Crippen LogP contribution is 2.22. The van der Waals surface area contributed by atoms with Gasteiger partial charge in [0.1, 0.15) is 6.54 Å². The van der Waals surface area contributed by atoms with Crippen LogP contribution < -0.4 is 4.80 Å². The van der Waals surface area contributed by atoms with E-state index < -0.39 is 5.97 Å². The standard InChI is InChI=1S/C21H21ClN2O3S/c1-12-7-13(2)16(14(3)8-12)10-19(25)23-21-24(11-20(26)27-4)17-6-5-15(22)9-18(17)28-21/h5-9H,10-11H2,1-4H3. The second-order valence-electron chi connectivity index (χ2n) is 6.72. The van der Waals surface area contributed by atoms with E-state index in [4.69, 9.17) is 16.3 Å². The first-order valence-corrected chi connectivity index (χ1v) is 9.98. The number of esters is 1. The van der Waals surface area contributed by atoms with E-state index >= 15 is 0 Å². The van der Waals surface area contributed by atoms with Crippen molar-refractivity contribution in [2.75, 3.05) is 7.11 Å². The fourth-order valence-electron chi connectivity index (χ4n) is 3.27. The molecule has 0 radical (unpaired) electrons. The number of ether oxygens (including phenoxy) is 1. The molecule has 0 N–H and O–H groups in total. The van der Waals surface area contributed by atoms with Crippen LogP contribution in [0.15, 0.2) is 35.3 Å². The van der Waals surface area contributed by atoms with Crippen molar-refractivity contribution in [3.63, 3.8) is 0 Å². The highest BCUT2D eigenvalue weighted by atomic mass is 35.5. The van der Waals surface area contributed by atoms with Crippen molar-refractivity contribution in [1.82, 2.24) is 4.57 Å². The summed E-state index contributed by atoms with van der Waals surface area (Å²) in [6.07, 6.45) is 0.213. The van der Waals surface area contributed by atoms with Crippen LogP contribution in [0.5, 0.6) is 0 Å². The number of amides is 1. The summed E-state index contributed by atoms with van der Waals surface area (Å²) in [5, 5.41) is 0.586. The summed E-state index contributed by atoms with van der Waals surface area (Å²) in [6, 6.07) is 9.49. The van der Waals surface area contributed by atoms with Crippen molar-refractivity contribution >= 4 is 45.0 Å². The van der Waals surface area contributed by atoms with Crippen LogP contribution in [0.4, 0.5) is 0 Å². The minimum Gasteiger partial charge on any atom is -0.468 e. The number of benzene rings is 2. The Bertz CT molecular complexity index is 1120. The van der Waals surface area contributed by atoms with Crippen LogP contribution in [0, 0.1) is 20.8 Å². The van der Waals surface area contributed by atoms with Gasteiger partial charge < -0.3 is 9.30 Å². The van der Waals surface area contributed by atoms with Crippen molar-refractivity contribution in [3.05, 3.63) is 62.4 Å². The van der Waals surface area contributed by atoms with Crippen molar-refractivity contribution < 1.29 is 14.3 Å². The SMILES string of the molecule is COC(=O)Cn1c(=NC(=O)Cc2c(C)cc(C)cc2C)sc2cc(Cl)ccc21. The third kappa shape index (κ3) is 4.34. The van der Waals surface area contributed by atoms with E-state index in [1.807, 2.05) is 26.8 Å². The van der Waals surface area contributed by atoms with Crippen LogP contribution in [0.1, 0.15) is 22.3 Å². The average Bonchev–Trinajstić information content (AvgIpc) is 2.94. The molecule has 0 saturated heterocycles. The molecular weight excluding hydrogens is 396 g/mol. The predicted molar refractivity (Wildman–Crippen MR) is 112 cm³/mol. The summed E-state index contributed by atoms with van der Waals surface area (Å²) in [6.45, 7) is 6.02. The number of methoxy groups -OCH3 is 1. The number of carbonyl (C=O) groups is 2. The maximum Gasteiger partial charge on any atom is 0.325 e. The molecule has 0 fully saturated rings. The summed E-state index contributed by atoms with van der Waals surface area (Å²) in [5.74, 6) is -0.667. The Balaban J connectivity index is 2.04.